The second-order valence-corrected chi connectivity index (χ2v) is 7.37. The first-order valence-electron chi connectivity index (χ1n) is 7.57. The van der Waals surface area contributed by atoms with E-state index < -0.39 is 21.1 Å². The standard InChI is InChI=1S/C16H24O6S/c1-4-5-6-7-8-15(16(17)18)23(19,20)12-9-10-13(21-2)14(11-12)22-3/h9-11,15H,4-8H2,1-3H3,(H,17,18). The van der Waals surface area contributed by atoms with Crippen molar-refractivity contribution in [3.05, 3.63) is 18.2 Å². The fourth-order valence-corrected chi connectivity index (χ4v) is 3.93. The van der Waals surface area contributed by atoms with E-state index in [1.54, 1.807) is 0 Å². The van der Waals surface area contributed by atoms with E-state index in [1.807, 2.05) is 6.92 Å². The zero-order valence-corrected chi connectivity index (χ0v) is 14.6. The predicted octanol–water partition coefficient (Wildman–Crippen LogP) is 2.90. The van der Waals surface area contributed by atoms with Crippen LogP contribution in [0.3, 0.4) is 0 Å². The summed E-state index contributed by atoms with van der Waals surface area (Å²) in [5.41, 5.74) is 0. The Balaban J connectivity index is 3.07. The van der Waals surface area contributed by atoms with E-state index >= 15 is 0 Å². The number of carbonyl (C=O) groups is 1. The van der Waals surface area contributed by atoms with Gasteiger partial charge in [0.2, 0.25) is 0 Å². The average molecular weight is 344 g/mol. The molecule has 1 aromatic rings. The molecule has 0 saturated carbocycles. The number of unbranched alkanes of at least 4 members (excludes halogenated alkanes) is 3. The molecule has 1 unspecified atom stereocenters. The Morgan fingerprint density at radius 1 is 1.13 bits per heavy atom. The lowest BCUT2D eigenvalue weighted by atomic mass is 10.1. The number of hydrogen-bond donors (Lipinski definition) is 1. The van der Waals surface area contributed by atoms with Crippen molar-refractivity contribution in [1.82, 2.24) is 0 Å². The van der Waals surface area contributed by atoms with Crippen LogP contribution in [0.2, 0.25) is 0 Å². The largest absolute Gasteiger partial charge is 0.493 e. The molecule has 0 radical (unpaired) electrons. The molecule has 23 heavy (non-hydrogen) atoms. The molecule has 1 rings (SSSR count). The van der Waals surface area contributed by atoms with Crippen molar-refractivity contribution < 1.29 is 27.8 Å². The molecule has 7 heteroatoms. The van der Waals surface area contributed by atoms with Crippen LogP contribution < -0.4 is 9.47 Å². The molecule has 0 bridgehead atoms. The summed E-state index contributed by atoms with van der Waals surface area (Å²) < 4.78 is 35.4. The number of hydrogen-bond acceptors (Lipinski definition) is 5. The number of methoxy groups -OCH3 is 2. The molecular weight excluding hydrogens is 320 g/mol. The van der Waals surface area contributed by atoms with Crippen molar-refractivity contribution in [2.24, 2.45) is 0 Å². The Labute approximate surface area is 137 Å². The number of benzene rings is 1. The average Bonchev–Trinajstić information content (AvgIpc) is 2.53. The number of ether oxygens (including phenoxy) is 2. The maximum atomic E-state index is 12.6. The molecule has 0 aliphatic carbocycles. The first-order valence-corrected chi connectivity index (χ1v) is 9.11. The van der Waals surface area contributed by atoms with Gasteiger partial charge in [0.25, 0.3) is 0 Å². The van der Waals surface area contributed by atoms with Gasteiger partial charge in [-0.15, -0.1) is 0 Å². The Morgan fingerprint density at radius 3 is 2.30 bits per heavy atom. The van der Waals surface area contributed by atoms with Gasteiger partial charge in [-0.2, -0.15) is 0 Å². The summed E-state index contributed by atoms with van der Waals surface area (Å²) in [4.78, 5) is 11.4. The summed E-state index contributed by atoms with van der Waals surface area (Å²) in [6.45, 7) is 2.04. The molecule has 6 nitrogen and oxygen atoms in total. The van der Waals surface area contributed by atoms with Gasteiger partial charge in [0.15, 0.2) is 26.6 Å². The van der Waals surface area contributed by atoms with Gasteiger partial charge in [0, 0.05) is 6.07 Å². The quantitative estimate of drug-likeness (QED) is 0.656. The first kappa shape index (κ1) is 19.3. The third kappa shape index (κ3) is 4.86. The van der Waals surface area contributed by atoms with Crippen LogP contribution in [0.25, 0.3) is 0 Å². The minimum atomic E-state index is -3.98. The Hall–Kier alpha value is -1.76. The Kier molecular flexibility index (Phi) is 7.35. The molecular formula is C16H24O6S. The summed E-state index contributed by atoms with van der Waals surface area (Å²) in [6.07, 6.45) is 3.45. The number of carboxylic acids is 1. The lowest BCUT2D eigenvalue weighted by Gasteiger charge is -2.15. The van der Waals surface area contributed by atoms with Crippen molar-refractivity contribution in [3.8, 4) is 11.5 Å². The van der Waals surface area contributed by atoms with E-state index in [4.69, 9.17) is 9.47 Å². The van der Waals surface area contributed by atoms with Crippen LogP contribution in [0.1, 0.15) is 39.0 Å². The van der Waals surface area contributed by atoms with Gasteiger partial charge < -0.3 is 14.6 Å². The zero-order chi connectivity index (χ0) is 17.5. The van der Waals surface area contributed by atoms with Crippen LogP contribution in [0, 0.1) is 0 Å². The van der Waals surface area contributed by atoms with Crippen molar-refractivity contribution in [2.75, 3.05) is 14.2 Å². The summed E-state index contributed by atoms with van der Waals surface area (Å²) in [7, 11) is -1.14. The SMILES string of the molecule is CCCCCCC(C(=O)O)S(=O)(=O)c1ccc(OC)c(OC)c1. The monoisotopic (exact) mass is 344 g/mol. The van der Waals surface area contributed by atoms with E-state index in [0.717, 1.165) is 19.3 Å². The molecule has 0 amide bonds. The fraction of sp³-hybridized carbons (Fsp3) is 0.562. The molecule has 1 N–H and O–H groups in total. The molecule has 0 aromatic heterocycles. The highest BCUT2D eigenvalue weighted by Gasteiger charge is 2.34. The molecule has 0 aliphatic heterocycles. The molecule has 0 fully saturated rings. The summed E-state index contributed by atoms with van der Waals surface area (Å²) in [6, 6.07) is 4.11. The molecule has 0 aliphatic rings. The summed E-state index contributed by atoms with van der Waals surface area (Å²) >= 11 is 0. The fourth-order valence-electron chi connectivity index (χ4n) is 2.33. The van der Waals surface area contributed by atoms with Crippen LogP contribution in [0.4, 0.5) is 0 Å². The van der Waals surface area contributed by atoms with Crippen molar-refractivity contribution in [3.63, 3.8) is 0 Å². The molecule has 0 spiro atoms. The van der Waals surface area contributed by atoms with E-state index in [1.165, 1.54) is 32.4 Å². The number of carboxylic acid groups (broad SMARTS) is 1. The Bertz CT molecular complexity index is 623. The lowest BCUT2D eigenvalue weighted by Crippen LogP contribution is -2.30. The summed E-state index contributed by atoms with van der Waals surface area (Å²) in [5.74, 6) is -0.679. The van der Waals surface area contributed by atoms with Gasteiger partial charge >= 0.3 is 5.97 Å². The molecule has 0 heterocycles. The van der Waals surface area contributed by atoms with Gasteiger partial charge in [0.1, 0.15) is 0 Å². The Morgan fingerprint density at radius 2 is 1.78 bits per heavy atom. The van der Waals surface area contributed by atoms with Crippen LogP contribution in [0.15, 0.2) is 23.1 Å². The maximum absolute atomic E-state index is 12.6. The minimum absolute atomic E-state index is 0.0713. The number of sulfone groups is 1. The van der Waals surface area contributed by atoms with E-state index in [-0.39, 0.29) is 17.1 Å². The highest BCUT2D eigenvalue weighted by atomic mass is 32.2. The predicted molar refractivity (Wildman–Crippen MR) is 86.9 cm³/mol. The van der Waals surface area contributed by atoms with Crippen LogP contribution >= 0.6 is 0 Å². The van der Waals surface area contributed by atoms with Gasteiger partial charge in [0.05, 0.1) is 19.1 Å². The van der Waals surface area contributed by atoms with E-state index in [9.17, 15) is 18.3 Å². The van der Waals surface area contributed by atoms with Crippen molar-refractivity contribution in [1.29, 1.82) is 0 Å². The van der Waals surface area contributed by atoms with Gasteiger partial charge in [-0.3, -0.25) is 4.79 Å². The highest BCUT2D eigenvalue weighted by Crippen LogP contribution is 2.31. The van der Waals surface area contributed by atoms with E-state index in [0.29, 0.717) is 12.2 Å². The number of aliphatic carboxylic acids is 1. The summed E-state index contributed by atoms with van der Waals surface area (Å²) in [5, 5.41) is 7.87. The van der Waals surface area contributed by atoms with Crippen LogP contribution in [-0.4, -0.2) is 39.0 Å². The second kappa shape index (κ2) is 8.76. The molecule has 0 saturated heterocycles. The smallest absolute Gasteiger partial charge is 0.322 e. The third-order valence-electron chi connectivity index (χ3n) is 3.65. The lowest BCUT2D eigenvalue weighted by molar-refractivity contribution is -0.136. The van der Waals surface area contributed by atoms with Gasteiger partial charge in [-0.25, -0.2) is 8.42 Å². The molecule has 1 atom stereocenters. The molecule has 130 valence electrons. The molecule has 1 aromatic carbocycles. The van der Waals surface area contributed by atoms with Gasteiger partial charge in [-0.05, 0) is 18.6 Å². The minimum Gasteiger partial charge on any atom is -0.493 e. The third-order valence-corrected chi connectivity index (χ3v) is 5.75. The first-order chi connectivity index (χ1) is 10.9. The topological polar surface area (TPSA) is 89.9 Å². The van der Waals surface area contributed by atoms with Crippen molar-refractivity contribution >= 4 is 15.8 Å². The van der Waals surface area contributed by atoms with Gasteiger partial charge in [-0.1, -0.05) is 32.6 Å². The maximum Gasteiger partial charge on any atom is 0.322 e. The van der Waals surface area contributed by atoms with Crippen molar-refractivity contribution in [2.45, 2.75) is 49.2 Å². The van der Waals surface area contributed by atoms with Crippen LogP contribution in [-0.2, 0) is 14.6 Å². The van der Waals surface area contributed by atoms with Crippen LogP contribution in [0.5, 0.6) is 11.5 Å². The second-order valence-electron chi connectivity index (χ2n) is 5.24. The normalized spacial score (nSPS) is 12.7. The zero-order valence-electron chi connectivity index (χ0n) is 13.7. The highest BCUT2D eigenvalue weighted by molar-refractivity contribution is 7.92. The van der Waals surface area contributed by atoms with E-state index in [2.05, 4.69) is 0 Å². The number of rotatable bonds is 10.